The summed E-state index contributed by atoms with van der Waals surface area (Å²) in [5.74, 6) is -0.285. The Balaban J connectivity index is 1.14. The molecule has 3 heterocycles. The van der Waals surface area contributed by atoms with E-state index in [0.29, 0.717) is 12.0 Å². The van der Waals surface area contributed by atoms with Crippen LogP contribution in [0.15, 0.2) is 11.6 Å². The van der Waals surface area contributed by atoms with Gasteiger partial charge in [-0.15, -0.1) is 0 Å². The minimum absolute atomic E-state index is 0.0470. The second kappa shape index (κ2) is 20.9. The molecule has 8 atom stereocenters. The van der Waals surface area contributed by atoms with E-state index < -0.39 is 12.2 Å². The topological polar surface area (TPSA) is 105 Å². The van der Waals surface area contributed by atoms with Gasteiger partial charge < -0.3 is 29.5 Å². The number of aliphatic hydroxyl groups excluding tert-OH is 3. The van der Waals surface area contributed by atoms with Gasteiger partial charge in [-0.1, -0.05) is 103 Å². The van der Waals surface area contributed by atoms with Gasteiger partial charge in [-0.3, -0.25) is 0 Å². The summed E-state index contributed by atoms with van der Waals surface area (Å²) in [4.78, 5) is 11.7. The molecule has 2 fully saturated rings. The van der Waals surface area contributed by atoms with E-state index in [1.54, 1.807) is 0 Å². The quantitative estimate of drug-likeness (QED) is 0.0771. The van der Waals surface area contributed by atoms with Crippen LogP contribution in [0.1, 0.15) is 162 Å². The minimum Gasteiger partial charge on any atom is -0.455 e. The van der Waals surface area contributed by atoms with Gasteiger partial charge in [-0.2, -0.15) is 0 Å². The van der Waals surface area contributed by atoms with Crippen LogP contribution in [0.2, 0.25) is 0 Å². The van der Waals surface area contributed by atoms with E-state index in [2.05, 4.69) is 6.92 Å². The number of esters is 1. The Hall–Kier alpha value is -0.990. The summed E-state index contributed by atoms with van der Waals surface area (Å²) in [6.07, 6.45) is 24.7. The normalized spacial score (nSPS) is 27.8. The Morgan fingerprint density at radius 3 is 1.56 bits per heavy atom. The molecule has 3 aliphatic rings. The van der Waals surface area contributed by atoms with E-state index in [4.69, 9.17) is 14.2 Å². The Morgan fingerprint density at radius 2 is 1.12 bits per heavy atom. The van der Waals surface area contributed by atoms with E-state index in [9.17, 15) is 20.1 Å². The van der Waals surface area contributed by atoms with Crippen molar-refractivity contribution in [3.63, 3.8) is 0 Å². The van der Waals surface area contributed by atoms with E-state index in [1.165, 1.54) is 57.8 Å². The molecule has 0 bridgehead atoms. The molecule has 0 spiro atoms. The van der Waals surface area contributed by atoms with Crippen LogP contribution >= 0.6 is 0 Å². The van der Waals surface area contributed by atoms with Crippen molar-refractivity contribution in [2.75, 3.05) is 0 Å². The van der Waals surface area contributed by atoms with Crippen LogP contribution in [0.4, 0.5) is 0 Å². The second-order valence-electron chi connectivity index (χ2n) is 13.7. The van der Waals surface area contributed by atoms with Crippen molar-refractivity contribution in [1.29, 1.82) is 0 Å². The van der Waals surface area contributed by atoms with Gasteiger partial charge in [0.05, 0.1) is 42.7 Å². The largest absolute Gasteiger partial charge is 0.455 e. The number of unbranched alkanes of at least 4 members (excludes halogenated alkanes) is 13. The van der Waals surface area contributed by atoms with Gasteiger partial charge in [-0.05, 0) is 57.9 Å². The maximum Gasteiger partial charge on any atom is 0.334 e. The van der Waals surface area contributed by atoms with Crippen LogP contribution in [-0.2, 0) is 19.0 Å². The molecule has 0 aromatic heterocycles. The molecule has 3 N–H and O–H groups in total. The summed E-state index contributed by atoms with van der Waals surface area (Å²) in [5, 5.41) is 31.6. The molecule has 7 heteroatoms. The Bertz CT molecular complexity index is 786. The molecule has 0 saturated carbocycles. The number of rotatable bonds is 24. The lowest BCUT2D eigenvalue weighted by Gasteiger charge is -2.24. The zero-order valence-corrected chi connectivity index (χ0v) is 27.4. The monoisotopic (exact) mass is 608 g/mol. The highest BCUT2D eigenvalue weighted by atomic mass is 16.6. The molecule has 0 radical (unpaired) electrons. The van der Waals surface area contributed by atoms with E-state index in [0.717, 1.165) is 83.5 Å². The molecular weight excluding hydrogens is 544 g/mol. The number of cyclic esters (lactones) is 1. The van der Waals surface area contributed by atoms with Gasteiger partial charge in [0.1, 0.15) is 6.10 Å². The van der Waals surface area contributed by atoms with Crippen molar-refractivity contribution in [3.05, 3.63) is 11.6 Å². The van der Waals surface area contributed by atoms with Crippen LogP contribution in [0.25, 0.3) is 0 Å². The molecule has 0 amide bonds. The molecule has 3 aliphatic heterocycles. The number of ether oxygens (including phenoxy) is 3. The first-order chi connectivity index (χ1) is 20.9. The Kier molecular flexibility index (Phi) is 17.8. The lowest BCUT2D eigenvalue weighted by Crippen LogP contribution is -2.33. The summed E-state index contributed by atoms with van der Waals surface area (Å²) >= 11 is 0. The standard InChI is InChI=1S/C36H64O7/c1-3-4-5-6-7-10-13-16-19-30(38)32-21-23-34(42-32)35-24-22-33(43-35)31(39)20-17-14-11-8-9-12-15-18-29(37)26-28-25-27(2)41-36(28)40/h25,27,29-35,37-39H,3-24,26H2,1-2H3/t27-,29+,30+,31+,32+,33+,34+,35+/m0/s1. The molecular formula is C36H64O7. The van der Waals surface area contributed by atoms with Crippen LogP contribution in [0, 0.1) is 0 Å². The third-order valence-corrected chi connectivity index (χ3v) is 9.78. The predicted octanol–water partition coefficient (Wildman–Crippen LogP) is 7.47. The van der Waals surface area contributed by atoms with Crippen LogP contribution in [0.3, 0.4) is 0 Å². The maximum atomic E-state index is 11.7. The minimum atomic E-state index is -0.471. The Morgan fingerprint density at radius 1 is 0.674 bits per heavy atom. The van der Waals surface area contributed by atoms with Crippen LogP contribution < -0.4 is 0 Å². The summed E-state index contributed by atoms with van der Waals surface area (Å²) < 4.78 is 17.6. The van der Waals surface area contributed by atoms with Crippen molar-refractivity contribution in [1.82, 2.24) is 0 Å². The molecule has 7 nitrogen and oxygen atoms in total. The first-order valence-corrected chi connectivity index (χ1v) is 18.1. The highest BCUT2D eigenvalue weighted by Gasteiger charge is 2.40. The molecule has 250 valence electrons. The number of hydrogen-bond acceptors (Lipinski definition) is 7. The summed E-state index contributed by atoms with van der Waals surface area (Å²) in [6.45, 7) is 4.09. The molecule has 0 aliphatic carbocycles. The molecule has 2 saturated heterocycles. The fourth-order valence-electron chi connectivity index (χ4n) is 7.11. The smallest absolute Gasteiger partial charge is 0.334 e. The van der Waals surface area contributed by atoms with E-state index in [-0.39, 0.29) is 42.6 Å². The third kappa shape index (κ3) is 13.9. The average molecular weight is 609 g/mol. The molecule has 3 rings (SSSR count). The number of aliphatic hydroxyl groups is 3. The summed E-state index contributed by atoms with van der Waals surface area (Å²) in [5.41, 5.74) is 0.612. The third-order valence-electron chi connectivity index (χ3n) is 9.78. The van der Waals surface area contributed by atoms with Crippen molar-refractivity contribution < 1.29 is 34.3 Å². The van der Waals surface area contributed by atoms with Crippen LogP contribution in [-0.4, -0.2) is 70.1 Å². The second-order valence-corrected chi connectivity index (χ2v) is 13.7. The molecule has 0 aromatic rings. The number of hydrogen-bond donors (Lipinski definition) is 3. The van der Waals surface area contributed by atoms with Crippen molar-refractivity contribution >= 4 is 5.97 Å². The molecule has 0 unspecified atom stereocenters. The fourth-order valence-corrected chi connectivity index (χ4v) is 7.11. The summed E-state index contributed by atoms with van der Waals surface area (Å²) in [7, 11) is 0. The van der Waals surface area contributed by atoms with Gasteiger partial charge in [-0.25, -0.2) is 4.79 Å². The van der Waals surface area contributed by atoms with Crippen LogP contribution in [0.5, 0.6) is 0 Å². The van der Waals surface area contributed by atoms with E-state index >= 15 is 0 Å². The predicted molar refractivity (Wildman–Crippen MR) is 171 cm³/mol. The highest BCUT2D eigenvalue weighted by molar-refractivity contribution is 5.90. The van der Waals surface area contributed by atoms with Gasteiger partial charge in [0, 0.05) is 12.0 Å². The zero-order chi connectivity index (χ0) is 30.9. The zero-order valence-electron chi connectivity index (χ0n) is 27.4. The SMILES string of the molecule is CCCCCCCCCC[C@@H](O)[C@H]1CC[C@H]([C@H]2CC[C@H]([C@H](O)CCCCCCCCC[C@@H](O)CC3=C[C@H](C)OC3=O)O2)O1. The van der Waals surface area contributed by atoms with Crippen molar-refractivity contribution in [2.24, 2.45) is 0 Å². The first kappa shape index (κ1) is 36.5. The van der Waals surface area contributed by atoms with Gasteiger partial charge in [0.15, 0.2) is 0 Å². The number of carbonyl (C=O) groups is 1. The maximum absolute atomic E-state index is 11.7. The molecule has 0 aromatic carbocycles. The summed E-state index contributed by atoms with van der Waals surface area (Å²) in [6, 6.07) is 0. The van der Waals surface area contributed by atoms with E-state index in [1.807, 2.05) is 13.0 Å². The fraction of sp³-hybridized carbons (Fsp3) is 0.917. The number of carbonyl (C=O) groups excluding carboxylic acids is 1. The molecule has 43 heavy (non-hydrogen) atoms. The average Bonchev–Trinajstić information content (AvgIpc) is 3.73. The van der Waals surface area contributed by atoms with Gasteiger partial charge in [0.2, 0.25) is 0 Å². The lowest BCUT2D eigenvalue weighted by molar-refractivity contribution is -0.139. The van der Waals surface area contributed by atoms with Gasteiger partial charge >= 0.3 is 5.97 Å². The Labute approximate surface area is 262 Å². The first-order valence-electron chi connectivity index (χ1n) is 18.1. The van der Waals surface area contributed by atoms with Gasteiger partial charge in [0.25, 0.3) is 0 Å². The highest BCUT2D eigenvalue weighted by Crippen LogP contribution is 2.34. The van der Waals surface area contributed by atoms with Crippen molar-refractivity contribution in [3.8, 4) is 0 Å². The van der Waals surface area contributed by atoms with Crippen molar-refractivity contribution in [2.45, 2.75) is 210 Å². The lowest BCUT2D eigenvalue weighted by atomic mass is 10.00.